The van der Waals surface area contributed by atoms with Gasteiger partial charge >= 0.3 is 6.18 Å². The molecule has 1 aliphatic rings. The van der Waals surface area contributed by atoms with Gasteiger partial charge in [-0.25, -0.2) is 9.37 Å². The van der Waals surface area contributed by atoms with Crippen molar-refractivity contribution in [2.45, 2.75) is 25.1 Å². The second-order valence-electron chi connectivity index (χ2n) is 6.88. The summed E-state index contributed by atoms with van der Waals surface area (Å²) in [7, 11) is 0. The summed E-state index contributed by atoms with van der Waals surface area (Å²) in [6, 6.07) is 5.45. The molecular weight excluding hydrogens is 392 g/mol. The Bertz CT molecular complexity index is 1100. The smallest absolute Gasteiger partial charge is 0.318 e. The number of pyridine rings is 1. The van der Waals surface area contributed by atoms with E-state index >= 15 is 0 Å². The second-order valence-corrected chi connectivity index (χ2v) is 6.88. The third-order valence-corrected chi connectivity index (χ3v) is 4.85. The molecule has 150 valence electrons. The van der Waals surface area contributed by atoms with Gasteiger partial charge < -0.3 is 10.1 Å². The van der Waals surface area contributed by atoms with Gasteiger partial charge in [0.25, 0.3) is 5.91 Å². The minimum atomic E-state index is -4.70. The average Bonchev–Trinajstić information content (AvgIpc) is 3.02. The summed E-state index contributed by atoms with van der Waals surface area (Å²) in [5.74, 6) is -1.74. The largest absolute Gasteiger partial charge is 0.433 e. The van der Waals surface area contributed by atoms with Crippen LogP contribution in [0.25, 0.3) is 10.9 Å². The maximum Gasteiger partial charge on any atom is 0.433 e. The normalized spacial score (nSPS) is 19.0. The Morgan fingerprint density at radius 3 is 2.69 bits per heavy atom. The highest BCUT2D eigenvalue weighted by Crippen LogP contribution is 2.37. The van der Waals surface area contributed by atoms with Crippen molar-refractivity contribution in [2.75, 3.05) is 5.32 Å². The molecule has 0 unspecified atom stereocenters. The number of aromatic nitrogens is 3. The van der Waals surface area contributed by atoms with Crippen LogP contribution in [0.15, 0.2) is 36.5 Å². The van der Waals surface area contributed by atoms with E-state index in [1.165, 1.54) is 6.07 Å². The zero-order valence-corrected chi connectivity index (χ0v) is 14.8. The highest BCUT2D eigenvalue weighted by Gasteiger charge is 2.33. The molecule has 0 aliphatic heterocycles. The van der Waals surface area contributed by atoms with Crippen molar-refractivity contribution in [2.24, 2.45) is 5.92 Å². The molecule has 29 heavy (non-hydrogen) atoms. The third kappa shape index (κ3) is 3.69. The first-order valence-corrected chi connectivity index (χ1v) is 8.74. The molecule has 2 heterocycles. The highest BCUT2D eigenvalue weighted by molar-refractivity contribution is 6.03. The number of aldehydes is 1. The van der Waals surface area contributed by atoms with Gasteiger partial charge in [0, 0.05) is 23.6 Å². The van der Waals surface area contributed by atoms with Gasteiger partial charge in [0.1, 0.15) is 23.5 Å². The average molecular weight is 406 g/mol. The lowest BCUT2D eigenvalue weighted by Crippen LogP contribution is -2.27. The first-order chi connectivity index (χ1) is 13.7. The lowest BCUT2D eigenvalue weighted by atomic mass is 9.81. The lowest BCUT2D eigenvalue weighted by molar-refractivity contribution is -0.141. The number of nitrogens with zero attached hydrogens (tertiary/aromatic N) is 3. The molecule has 0 atom stereocenters. The van der Waals surface area contributed by atoms with Crippen LogP contribution in [0.4, 0.5) is 23.2 Å². The quantitative estimate of drug-likeness (QED) is 0.525. The monoisotopic (exact) mass is 406 g/mol. The predicted octanol–water partition coefficient (Wildman–Crippen LogP) is 3.99. The van der Waals surface area contributed by atoms with Crippen molar-refractivity contribution >= 4 is 28.8 Å². The van der Waals surface area contributed by atoms with Crippen molar-refractivity contribution in [1.82, 2.24) is 14.8 Å². The van der Waals surface area contributed by atoms with Gasteiger partial charge in [-0.1, -0.05) is 6.07 Å². The van der Waals surface area contributed by atoms with E-state index in [9.17, 15) is 27.2 Å². The van der Waals surface area contributed by atoms with Crippen molar-refractivity contribution in [3.63, 3.8) is 0 Å². The van der Waals surface area contributed by atoms with E-state index in [4.69, 9.17) is 0 Å². The molecule has 1 amide bonds. The SMILES string of the molecule is O=C[C@H]1C[C@H](n2cc3cc(NC(=O)c4cccc(C(F)(F)F)n4)c(F)cc3n2)C1. The molecular formula is C19H14F4N4O2. The van der Waals surface area contributed by atoms with Crippen molar-refractivity contribution in [3.8, 4) is 0 Å². The maximum atomic E-state index is 14.4. The number of benzene rings is 1. The molecule has 6 nitrogen and oxygen atoms in total. The fourth-order valence-corrected chi connectivity index (χ4v) is 3.21. The summed E-state index contributed by atoms with van der Waals surface area (Å²) in [5.41, 5.74) is -1.52. The summed E-state index contributed by atoms with van der Waals surface area (Å²) in [6.45, 7) is 0. The molecule has 0 bridgehead atoms. The minimum absolute atomic E-state index is 0.00106. The molecule has 1 saturated carbocycles. The molecule has 4 rings (SSSR count). The molecule has 0 radical (unpaired) electrons. The van der Waals surface area contributed by atoms with Crippen molar-refractivity contribution < 1.29 is 27.2 Å². The number of nitrogens with one attached hydrogen (secondary N) is 1. The topological polar surface area (TPSA) is 76.9 Å². The fraction of sp³-hybridized carbons (Fsp3) is 0.263. The van der Waals surface area contributed by atoms with Crippen LogP contribution in [0.1, 0.15) is 35.1 Å². The number of halogens is 4. The van der Waals surface area contributed by atoms with E-state index in [0.29, 0.717) is 23.7 Å². The van der Waals surface area contributed by atoms with Gasteiger partial charge in [-0.05, 0) is 31.0 Å². The van der Waals surface area contributed by atoms with E-state index in [-0.39, 0.29) is 17.6 Å². The first-order valence-electron chi connectivity index (χ1n) is 8.74. The van der Waals surface area contributed by atoms with Crippen LogP contribution in [0.2, 0.25) is 0 Å². The third-order valence-electron chi connectivity index (χ3n) is 4.85. The number of amides is 1. The number of anilines is 1. The molecule has 1 aromatic carbocycles. The summed E-state index contributed by atoms with van der Waals surface area (Å²) in [4.78, 5) is 26.3. The molecule has 2 aromatic heterocycles. The lowest BCUT2D eigenvalue weighted by Gasteiger charge is -2.31. The van der Waals surface area contributed by atoms with Crippen molar-refractivity contribution in [3.05, 3.63) is 53.7 Å². The van der Waals surface area contributed by atoms with Crippen LogP contribution < -0.4 is 5.32 Å². The van der Waals surface area contributed by atoms with Gasteiger partial charge in [-0.15, -0.1) is 0 Å². The van der Waals surface area contributed by atoms with Crippen LogP contribution in [-0.4, -0.2) is 27.0 Å². The predicted molar refractivity (Wildman–Crippen MR) is 94.7 cm³/mol. The molecule has 10 heteroatoms. The fourth-order valence-electron chi connectivity index (χ4n) is 3.21. The number of hydrogen-bond donors (Lipinski definition) is 1. The van der Waals surface area contributed by atoms with Gasteiger partial charge in [0.15, 0.2) is 0 Å². The Kier molecular flexibility index (Phi) is 4.56. The summed E-state index contributed by atoms with van der Waals surface area (Å²) >= 11 is 0. The standard InChI is InChI=1S/C19H14F4N4O2/c20-13-7-15-11(8-27(26-15)12-4-10(5-12)9-28)6-16(13)25-18(29)14-2-1-3-17(24-14)19(21,22)23/h1-3,6-10,12H,4-5H2,(H,25,29)/t10-,12-. The Labute approximate surface area is 161 Å². The van der Waals surface area contributed by atoms with E-state index in [1.54, 1.807) is 10.9 Å². The van der Waals surface area contributed by atoms with Crippen LogP contribution in [0.5, 0.6) is 0 Å². The van der Waals surface area contributed by atoms with Crippen molar-refractivity contribution in [1.29, 1.82) is 0 Å². The maximum absolute atomic E-state index is 14.4. The summed E-state index contributed by atoms with van der Waals surface area (Å²) < 4.78 is 54.3. The Balaban J connectivity index is 1.57. The number of hydrogen-bond acceptors (Lipinski definition) is 4. The number of carbonyl (C=O) groups is 2. The summed E-state index contributed by atoms with van der Waals surface area (Å²) in [6.07, 6.45) is -0.803. The van der Waals surface area contributed by atoms with E-state index in [0.717, 1.165) is 30.6 Å². The number of alkyl halides is 3. The van der Waals surface area contributed by atoms with Gasteiger partial charge in [-0.3, -0.25) is 9.48 Å². The van der Waals surface area contributed by atoms with Gasteiger partial charge in [0.2, 0.25) is 0 Å². The van der Waals surface area contributed by atoms with E-state index in [2.05, 4.69) is 15.4 Å². The van der Waals surface area contributed by atoms with Crippen LogP contribution in [-0.2, 0) is 11.0 Å². The van der Waals surface area contributed by atoms with Crippen LogP contribution in [0, 0.1) is 11.7 Å². The first kappa shape index (κ1) is 19.0. The van der Waals surface area contributed by atoms with Gasteiger partial charge in [0.05, 0.1) is 17.2 Å². The van der Waals surface area contributed by atoms with E-state index < -0.39 is 29.3 Å². The highest BCUT2D eigenvalue weighted by atomic mass is 19.4. The number of carbonyl (C=O) groups excluding carboxylic acids is 2. The molecule has 0 spiro atoms. The summed E-state index contributed by atoms with van der Waals surface area (Å²) in [5, 5.41) is 7.09. The van der Waals surface area contributed by atoms with Crippen LogP contribution >= 0.6 is 0 Å². The van der Waals surface area contributed by atoms with Gasteiger partial charge in [-0.2, -0.15) is 18.3 Å². The zero-order chi connectivity index (χ0) is 20.8. The van der Waals surface area contributed by atoms with E-state index in [1.807, 2.05) is 0 Å². The molecule has 1 fully saturated rings. The minimum Gasteiger partial charge on any atom is -0.318 e. The molecule has 3 aromatic rings. The molecule has 1 aliphatic carbocycles. The second kappa shape index (κ2) is 6.94. The molecule has 0 saturated heterocycles. The zero-order valence-electron chi connectivity index (χ0n) is 14.8. The Morgan fingerprint density at radius 2 is 2.00 bits per heavy atom. The van der Waals surface area contributed by atoms with Crippen LogP contribution in [0.3, 0.4) is 0 Å². The Morgan fingerprint density at radius 1 is 1.24 bits per heavy atom. The number of rotatable bonds is 4. The number of fused-ring (bicyclic) bond motifs is 1. The molecule has 1 N–H and O–H groups in total. The Hall–Kier alpha value is -3.30.